The highest BCUT2D eigenvalue weighted by molar-refractivity contribution is 7.80. The highest BCUT2D eigenvalue weighted by atomic mass is 35.5. The fourth-order valence-electron chi connectivity index (χ4n) is 2.41. The van der Waals surface area contributed by atoms with E-state index in [0.717, 1.165) is 11.3 Å². The number of thiocarbonyl (C=S) groups is 1. The van der Waals surface area contributed by atoms with Gasteiger partial charge in [0.2, 0.25) is 0 Å². The molecule has 2 atom stereocenters. The molecule has 2 unspecified atom stereocenters. The fourth-order valence-corrected chi connectivity index (χ4v) is 2.76. The summed E-state index contributed by atoms with van der Waals surface area (Å²) in [6.07, 6.45) is 3.76. The van der Waals surface area contributed by atoms with Gasteiger partial charge in [-0.25, -0.2) is 0 Å². The Bertz CT molecular complexity index is 433. The van der Waals surface area contributed by atoms with Crippen LogP contribution in [0.4, 0.5) is 5.69 Å². The van der Waals surface area contributed by atoms with E-state index in [-0.39, 0.29) is 0 Å². The predicted octanol–water partition coefficient (Wildman–Crippen LogP) is 3.57. The first kappa shape index (κ1) is 12.7. The number of hydrogen-bond acceptors (Lipinski definition) is 2. The number of nitrogens with one attached hydrogen (secondary N) is 1. The molecule has 0 amide bonds. The van der Waals surface area contributed by atoms with Gasteiger partial charge in [0.05, 0.1) is 0 Å². The zero-order chi connectivity index (χ0) is 12.4. The van der Waals surface area contributed by atoms with Gasteiger partial charge in [0.1, 0.15) is 4.99 Å². The van der Waals surface area contributed by atoms with Crippen LogP contribution in [0, 0.1) is 5.92 Å². The smallest absolute Gasteiger partial charge is 0.106 e. The molecular weight excluding hydrogens is 252 g/mol. The van der Waals surface area contributed by atoms with Crippen LogP contribution in [0.3, 0.4) is 0 Å². The summed E-state index contributed by atoms with van der Waals surface area (Å²) in [5, 5.41) is 4.24. The van der Waals surface area contributed by atoms with Crippen molar-refractivity contribution in [2.75, 3.05) is 5.32 Å². The Hall–Kier alpha value is -0.800. The van der Waals surface area contributed by atoms with E-state index in [2.05, 4.69) is 12.2 Å². The average molecular weight is 269 g/mol. The van der Waals surface area contributed by atoms with E-state index in [1.54, 1.807) is 0 Å². The SMILES string of the molecule is CC1CCCC1Nc1cc(Cl)ccc1C(N)=S. The highest BCUT2D eigenvalue weighted by Crippen LogP contribution is 2.30. The van der Waals surface area contributed by atoms with E-state index in [4.69, 9.17) is 29.6 Å². The second-order valence-corrected chi connectivity index (χ2v) is 5.59. The van der Waals surface area contributed by atoms with E-state index in [1.165, 1.54) is 19.3 Å². The van der Waals surface area contributed by atoms with Gasteiger partial charge in [-0.15, -0.1) is 0 Å². The van der Waals surface area contributed by atoms with Gasteiger partial charge in [-0.2, -0.15) is 0 Å². The van der Waals surface area contributed by atoms with Gasteiger partial charge < -0.3 is 11.1 Å². The number of halogens is 1. The van der Waals surface area contributed by atoms with E-state index in [9.17, 15) is 0 Å². The molecule has 3 N–H and O–H groups in total. The zero-order valence-corrected chi connectivity index (χ0v) is 11.4. The molecule has 1 aliphatic rings. The Balaban J connectivity index is 2.24. The predicted molar refractivity (Wildman–Crippen MR) is 77.8 cm³/mol. The maximum atomic E-state index is 6.02. The quantitative estimate of drug-likeness (QED) is 0.823. The Morgan fingerprint density at radius 1 is 1.47 bits per heavy atom. The van der Waals surface area contributed by atoms with Crippen molar-refractivity contribution in [1.82, 2.24) is 0 Å². The van der Waals surface area contributed by atoms with E-state index in [0.29, 0.717) is 22.0 Å². The standard InChI is InChI=1S/C13H17ClN2S/c1-8-3-2-4-11(8)16-12-7-9(14)5-6-10(12)13(15)17/h5-8,11,16H,2-4H2,1H3,(H2,15,17). The fraction of sp³-hybridized carbons (Fsp3) is 0.462. The largest absolute Gasteiger partial charge is 0.389 e. The van der Waals surface area contributed by atoms with Crippen molar-refractivity contribution in [2.24, 2.45) is 11.7 Å². The van der Waals surface area contributed by atoms with Crippen LogP contribution in [0.25, 0.3) is 0 Å². The zero-order valence-electron chi connectivity index (χ0n) is 9.87. The Morgan fingerprint density at radius 3 is 2.82 bits per heavy atom. The van der Waals surface area contributed by atoms with Crippen molar-refractivity contribution in [3.05, 3.63) is 28.8 Å². The molecule has 0 radical (unpaired) electrons. The molecule has 0 heterocycles. The number of rotatable bonds is 3. The molecule has 1 aromatic rings. The summed E-state index contributed by atoms with van der Waals surface area (Å²) < 4.78 is 0. The third-order valence-electron chi connectivity index (χ3n) is 3.45. The molecule has 0 spiro atoms. The van der Waals surface area contributed by atoms with Gasteiger partial charge in [-0.05, 0) is 37.0 Å². The maximum absolute atomic E-state index is 6.02. The molecule has 17 heavy (non-hydrogen) atoms. The first-order chi connectivity index (χ1) is 8.08. The Labute approximate surface area is 113 Å². The molecule has 1 aromatic carbocycles. The summed E-state index contributed by atoms with van der Waals surface area (Å²) in [6.45, 7) is 2.27. The normalized spacial score (nSPS) is 23.6. The van der Waals surface area contributed by atoms with Crippen LogP contribution in [-0.2, 0) is 0 Å². The van der Waals surface area contributed by atoms with Gasteiger partial charge >= 0.3 is 0 Å². The molecular formula is C13H17ClN2S. The minimum Gasteiger partial charge on any atom is -0.389 e. The van der Waals surface area contributed by atoms with Gasteiger partial charge in [0.25, 0.3) is 0 Å². The van der Waals surface area contributed by atoms with Crippen LogP contribution in [0.1, 0.15) is 31.7 Å². The van der Waals surface area contributed by atoms with Crippen LogP contribution in [0.2, 0.25) is 5.02 Å². The van der Waals surface area contributed by atoms with E-state index < -0.39 is 0 Å². The lowest BCUT2D eigenvalue weighted by Crippen LogP contribution is -2.24. The molecule has 1 saturated carbocycles. The molecule has 1 aliphatic carbocycles. The first-order valence-electron chi connectivity index (χ1n) is 5.94. The summed E-state index contributed by atoms with van der Waals surface area (Å²) in [4.78, 5) is 0.412. The molecule has 0 saturated heterocycles. The monoisotopic (exact) mass is 268 g/mol. The van der Waals surface area contributed by atoms with E-state index >= 15 is 0 Å². The van der Waals surface area contributed by atoms with Crippen LogP contribution < -0.4 is 11.1 Å². The Morgan fingerprint density at radius 2 is 2.24 bits per heavy atom. The van der Waals surface area contributed by atoms with Gasteiger partial charge in [-0.3, -0.25) is 0 Å². The minimum absolute atomic E-state index is 0.412. The number of hydrogen-bond donors (Lipinski definition) is 2. The van der Waals surface area contributed by atoms with E-state index in [1.807, 2.05) is 18.2 Å². The molecule has 0 aromatic heterocycles. The van der Waals surface area contributed by atoms with Gasteiger partial charge in [0, 0.05) is 22.3 Å². The molecule has 1 fully saturated rings. The minimum atomic E-state index is 0.412. The first-order valence-corrected chi connectivity index (χ1v) is 6.72. The summed E-state index contributed by atoms with van der Waals surface area (Å²) in [5.74, 6) is 0.688. The van der Waals surface area contributed by atoms with Crippen LogP contribution >= 0.6 is 23.8 Å². The van der Waals surface area contributed by atoms with Crippen molar-refractivity contribution in [1.29, 1.82) is 0 Å². The molecule has 92 valence electrons. The third-order valence-corrected chi connectivity index (χ3v) is 3.90. The van der Waals surface area contributed by atoms with Crippen molar-refractivity contribution in [3.8, 4) is 0 Å². The molecule has 2 nitrogen and oxygen atoms in total. The summed E-state index contributed by atoms with van der Waals surface area (Å²) in [7, 11) is 0. The summed E-state index contributed by atoms with van der Waals surface area (Å²) in [6, 6.07) is 6.11. The number of nitrogens with two attached hydrogens (primary N) is 1. The van der Waals surface area contributed by atoms with Crippen LogP contribution in [0.5, 0.6) is 0 Å². The Kier molecular flexibility index (Phi) is 3.89. The highest BCUT2D eigenvalue weighted by Gasteiger charge is 2.23. The average Bonchev–Trinajstić information content (AvgIpc) is 2.64. The number of anilines is 1. The molecule has 2 rings (SSSR count). The molecule has 4 heteroatoms. The lowest BCUT2D eigenvalue weighted by atomic mass is 10.1. The van der Waals surface area contributed by atoms with Crippen molar-refractivity contribution >= 4 is 34.5 Å². The lowest BCUT2D eigenvalue weighted by Gasteiger charge is -2.21. The lowest BCUT2D eigenvalue weighted by molar-refractivity contribution is 0.556. The van der Waals surface area contributed by atoms with Gasteiger partial charge in [0.15, 0.2) is 0 Å². The molecule has 0 aliphatic heterocycles. The van der Waals surface area contributed by atoms with Crippen LogP contribution in [0.15, 0.2) is 18.2 Å². The number of benzene rings is 1. The second kappa shape index (κ2) is 5.23. The van der Waals surface area contributed by atoms with Crippen LogP contribution in [-0.4, -0.2) is 11.0 Å². The topological polar surface area (TPSA) is 38.0 Å². The van der Waals surface area contributed by atoms with Gasteiger partial charge in [-0.1, -0.05) is 37.2 Å². The summed E-state index contributed by atoms with van der Waals surface area (Å²) >= 11 is 11.1. The summed E-state index contributed by atoms with van der Waals surface area (Å²) in [5.41, 5.74) is 7.56. The second-order valence-electron chi connectivity index (χ2n) is 4.71. The third kappa shape index (κ3) is 2.90. The van der Waals surface area contributed by atoms with Crippen molar-refractivity contribution in [3.63, 3.8) is 0 Å². The van der Waals surface area contributed by atoms with Crippen molar-refractivity contribution in [2.45, 2.75) is 32.2 Å². The molecule has 0 bridgehead atoms. The maximum Gasteiger partial charge on any atom is 0.106 e. The van der Waals surface area contributed by atoms with Crippen molar-refractivity contribution < 1.29 is 0 Å².